The van der Waals surface area contributed by atoms with Gasteiger partial charge in [0, 0.05) is 29.6 Å². The molecule has 0 aliphatic heterocycles. The van der Waals surface area contributed by atoms with Gasteiger partial charge in [-0.2, -0.15) is 0 Å². The van der Waals surface area contributed by atoms with Crippen LogP contribution in [0.15, 0.2) is 29.9 Å². The highest BCUT2D eigenvalue weighted by Gasteiger charge is 2.07. The van der Waals surface area contributed by atoms with Crippen LogP contribution in [-0.2, 0) is 6.42 Å². The summed E-state index contributed by atoms with van der Waals surface area (Å²) in [6, 6.07) is 5.46. The SMILES string of the molecule is Cc1csc(CCCNC(=O)c2ccc3nc[nH]c3c2)n1. The number of nitrogens with zero attached hydrogens (tertiary/aromatic N) is 2. The van der Waals surface area contributed by atoms with Crippen molar-refractivity contribution in [2.75, 3.05) is 6.54 Å². The van der Waals surface area contributed by atoms with E-state index in [4.69, 9.17) is 0 Å². The molecule has 0 saturated carbocycles. The maximum absolute atomic E-state index is 12.1. The van der Waals surface area contributed by atoms with E-state index in [1.807, 2.05) is 24.4 Å². The third-order valence-electron chi connectivity index (χ3n) is 3.20. The number of imidazole rings is 1. The highest BCUT2D eigenvalue weighted by molar-refractivity contribution is 7.09. The Morgan fingerprint density at radius 3 is 3.14 bits per heavy atom. The zero-order valence-corrected chi connectivity index (χ0v) is 12.5. The number of thiazole rings is 1. The molecule has 0 saturated heterocycles. The summed E-state index contributed by atoms with van der Waals surface area (Å²) in [5.74, 6) is -0.0539. The third-order valence-corrected chi connectivity index (χ3v) is 4.23. The Bertz CT molecular complexity index is 762. The number of aromatic amines is 1. The van der Waals surface area contributed by atoms with Crippen LogP contribution in [0, 0.1) is 6.92 Å². The monoisotopic (exact) mass is 300 g/mol. The van der Waals surface area contributed by atoms with Gasteiger partial charge in [0.15, 0.2) is 0 Å². The number of H-pyrrole nitrogens is 1. The lowest BCUT2D eigenvalue weighted by Crippen LogP contribution is -2.24. The Morgan fingerprint density at radius 1 is 1.43 bits per heavy atom. The predicted molar refractivity (Wildman–Crippen MR) is 83.6 cm³/mol. The first-order valence-electron chi connectivity index (χ1n) is 6.85. The van der Waals surface area contributed by atoms with E-state index < -0.39 is 0 Å². The number of hydrogen-bond donors (Lipinski definition) is 2. The normalized spacial score (nSPS) is 10.9. The first kappa shape index (κ1) is 13.8. The zero-order valence-electron chi connectivity index (χ0n) is 11.7. The Labute approximate surface area is 126 Å². The molecule has 0 fully saturated rings. The van der Waals surface area contributed by atoms with Crippen molar-refractivity contribution >= 4 is 28.3 Å². The van der Waals surface area contributed by atoms with Crippen LogP contribution in [0.2, 0.25) is 0 Å². The fraction of sp³-hybridized carbons (Fsp3) is 0.267. The summed E-state index contributed by atoms with van der Waals surface area (Å²) in [6.07, 6.45) is 3.42. The van der Waals surface area contributed by atoms with Gasteiger partial charge in [0.05, 0.1) is 22.4 Å². The van der Waals surface area contributed by atoms with Crippen molar-refractivity contribution in [2.45, 2.75) is 19.8 Å². The minimum Gasteiger partial charge on any atom is -0.352 e. The molecule has 2 N–H and O–H groups in total. The topological polar surface area (TPSA) is 70.7 Å². The van der Waals surface area contributed by atoms with E-state index in [0.717, 1.165) is 34.6 Å². The molecular formula is C15H16N4OS. The van der Waals surface area contributed by atoms with Crippen LogP contribution in [0.4, 0.5) is 0 Å². The third kappa shape index (κ3) is 3.28. The first-order valence-corrected chi connectivity index (χ1v) is 7.73. The van der Waals surface area contributed by atoms with Gasteiger partial charge in [-0.25, -0.2) is 9.97 Å². The first-order chi connectivity index (χ1) is 10.2. The van der Waals surface area contributed by atoms with Crippen LogP contribution in [0.1, 0.15) is 27.5 Å². The summed E-state index contributed by atoms with van der Waals surface area (Å²) in [7, 11) is 0. The lowest BCUT2D eigenvalue weighted by atomic mass is 10.2. The van der Waals surface area contributed by atoms with Gasteiger partial charge < -0.3 is 10.3 Å². The van der Waals surface area contributed by atoms with Gasteiger partial charge in [0.1, 0.15) is 0 Å². The van der Waals surface area contributed by atoms with E-state index >= 15 is 0 Å². The smallest absolute Gasteiger partial charge is 0.251 e. The van der Waals surface area contributed by atoms with E-state index in [9.17, 15) is 4.79 Å². The quantitative estimate of drug-likeness (QED) is 0.712. The molecule has 3 rings (SSSR count). The van der Waals surface area contributed by atoms with Crippen LogP contribution in [0.5, 0.6) is 0 Å². The van der Waals surface area contributed by atoms with E-state index in [-0.39, 0.29) is 5.91 Å². The van der Waals surface area contributed by atoms with E-state index in [1.54, 1.807) is 23.7 Å². The zero-order chi connectivity index (χ0) is 14.7. The number of aromatic nitrogens is 3. The number of carbonyl (C=O) groups is 1. The molecule has 108 valence electrons. The summed E-state index contributed by atoms with van der Waals surface area (Å²) < 4.78 is 0. The van der Waals surface area contributed by atoms with Gasteiger partial charge in [-0.3, -0.25) is 4.79 Å². The van der Waals surface area contributed by atoms with E-state index in [2.05, 4.69) is 20.3 Å². The largest absolute Gasteiger partial charge is 0.352 e. The molecule has 2 aromatic heterocycles. The van der Waals surface area contributed by atoms with Crippen molar-refractivity contribution < 1.29 is 4.79 Å². The molecule has 21 heavy (non-hydrogen) atoms. The molecule has 0 spiro atoms. The molecule has 0 unspecified atom stereocenters. The maximum atomic E-state index is 12.1. The Balaban J connectivity index is 1.51. The van der Waals surface area contributed by atoms with Gasteiger partial charge in [0.25, 0.3) is 5.91 Å². The molecule has 0 aliphatic rings. The van der Waals surface area contributed by atoms with Crippen molar-refractivity contribution in [3.8, 4) is 0 Å². The summed E-state index contributed by atoms with van der Waals surface area (Å²) in [4.78, 5) is 23.6. The second kappa shape index (κ2) is 6.05. The van der Waals surface area contributed by atoms with Crippen molar-refractivity contribution in [1.29, 1.82) is 0 Å². The molecule has 0 aliphatic carbocycles. The average molecular weight is 300 g/mol. The van der Waals surface area contributed by atoms with Gasteiger partial charge in [-0.05, 0) is 31.5 Å². The lowest BCUT2D eigenvalue weighted by Gasteiger charge is -2.04. The van der Waals surface area contributed by atoms with Gasteiger partial charge in [-0.1, -0.05) is 0 Å². The molecule has 0 atom stereocenters. The van der Waals surface area contributed by atoms with Crippen LogP contribution in [0.3, 0.4) is 0 Å². The molecule has 1 amide bonds. The molecule has 5 nitrogen and oxygen atoms in total. The number of amides is 1. The average Bonchev–Trinajstić information content (AvgIpc) is 3.11. The summed E-state index contributed by atoms with van der Waals surface area (Å²) in [5, 5.41) is 6.11. The minimum atomic E-state index is -0.0539. The number of rotatable bonds is 5. The number of carbonyl (C=O) groups excluding carboxylic acids is 1. The molecule has 2 heterocycles. The second-order valence-corrected chi connectivity index (χ2v) is 5.82. The van der Waals surface area contributed by atoms with Crippen LogP contribution in [-0.4, -0.2) is 27.4 Å². The van der Waals surface area contributed by atoms with Crippen LogP contribution in [0.25, 0.3) is 11.0 Å². The molecule has 0 bridgehead atoms. The number of fused-ring (bicyclic) bond motifs is 1. The lowest BCUT2D eigenvalue weighted by molar-refractivity contribution is 0.0953. The minimum absolute atomic E-state index is 0.0539. The highest BCUT2D eigenvalue weighted by atomic mass is 32.1. The Morgan fingerprint density at radius 2 is 2.33 bits per heavy atom. The number of benzene rings is 1. The molecule has 0 radical (unpaired) electrons. The highest BCUT2D eigenvalue weighted by Crippen LogP contribution is 2.12. The second-order valence-electron chi connectivity index (χ2n) is 4.88. The molecular weight excluding hydrogens is 284 g/mol. The number of nitrogens with one attached hydrogen (secondary N) is 2. The predicted octanol–water partition coefficient (Wildman–Crippen LogP) is 2.69. The number of aryl methyl sites for hydroxylation is 2. The van der Waals surface area contributed by atoms with E-state index in [0.29, 0.717) is 12.1 Å². The Kier molecular flexibility index (Phi) is 3.96. The van der Waals surface area contributed by atoms with Gasteiger partial charge >= 0.3 is 0 Å². The van der Waals surface area contributed by atoms with Crippen molar-refractivity contribution in [3.05, 3.63) is 46.2 Å². The van der Waals surface area contributed by atoms with Gasteiger partial charge in [0.2, 0.25) is 0 Å². The van der Waals surface area contributed by atoms with Crippen molar-refractivity contribution in [2.24, 2.45) is 0 Å². The Hall–Kier alpha value is -2.21. The van der Waals surface area contributed by atoms with Crippen molar-refractivity contribution in [3.63, 3.8) is 0 Å². The van der Waals surface area contributed by atoms with Crippen LogP contribution < -0.4 is 5.32 Å². The van der Waals surface area contributed by atoms with Crippen LogP contribution >= 0.6 is 11.3 Å². The summed E-state index contributed by atoms with van der Waals surface area (Å²) >= 11 is 1.67. The molecule has 1 aromatic carbocycles. The molecule has 3 aromatic rings. The summed E-state index contributed by atoms with van der Waals surface area (Å²) in [6.45, 7) is 2.64. The van der Waals surface area contributed by atoms with Gasteiger partial charge in [-0.15, -0.1) is 11.3 Å². The summed E-state index contributed by atoms with van der Waals surface area (Å²) in [5.41, 5.74) is 3.45. The fourth-order valence-electron chi connectivity index (χ4n) is 2.14. The number of hydrogen-bond acceptors (Lipinski definition) is 4. The van der Waals surface area contributed by atoms with E-state index in [1.165, 1.54) is 0 Å². The fourth-order valence-corrected chi connectivity index (χ4v) is 2.96. The van der Waals surface area contributed by atoms with Crippen molar-refractivity contribution in [1.82, 2.24) is 20.3 Å². The molecule has 6 heteroatoms. The standard InChI is InChI=1S/C15H16N4OS/c1-10-8-21-14(19-10)3-2-6-16-15(20)11-4-5-12-13(7-11)18-9-17-12/h4-5,7-9H,2-3,6H2,1H3,(H,16,20)(H,17,18). The maximum Gasteiger partial charge on any atom is 0.251 e.